The van der Waals surface area contributed by atoms with Crippen LogP contribution in [0.5, 0.6) is 0 Å². The Hall–Kier alpha value is -3.03. The number of halogens is 1. The van der Waals surface area contributed by atoms with Crippen molar-refractivity contribution in [1.29, 1.82) is 0 Å². The highest BCUT2D eigenvalue weighted by Gasteiger charge is 2.16. The maximum atomic E-state index is 13.1. The predicted molar refractivity (Wildman–Crippen MR) is 91.0 cm³/mol. The number of carbonyl (C=O) groups is 1. The summed E-state index contributed by atoms with van der Waals surface area (Å²) < 4.78 is 15.8. The molecule has 8 heteroatoms. The second-order valence-corrected chi connectivity index (χ2v) is 6.75. The summed E-state index contributed by atoms with van der Waals surface area (Å²) in [5.41, 5.74) is 0.198. The van der Waals surface area contributed by atoms with E-state index in [-0.39, 0.29) is 34.8 Å². The van der Waals surface area contributed by atoms with E-state index in [1.54, 1.807) is 12.1 Å². The van der Waals surface area contributed by atoms with Crippen molar-refractivity contribution in [1.82, 2.24) is 24.6 Å². The zero-order chi connectivity index (χ0) is 18.2. The molecule has 0 aliphatic rings. The molecule has 0 unspecified atom stereocenters. The highest BCUT2D eigenvalue weighted by Crippen LogP contribution is 2.14. The van der Waals surface area contributed by atoms with Crippen LogP contribution < -0.4 is 10.9 Å². The highest BCUT2D eigenvalue weighted by atomic mass is 19.1. The maximum Gasteiger partial charge on any atom is 0.264 e. The van der Waals surface area contributed by atoms with E-state index in [1.165, 1.54) is 33.9 Å². The molecule has 0 saturated carbocycles. The number of hydrogen-bond acceptors (Lipinski definition) is 4. The van der Waals surface area contributed by atoms with Crippen molar-refractivity contribution < 1.29 is 9.18 Å². The van der Waals surface area contributed by atoms with Gasteiger partial charge in [0, 0.05) is 5.54 Å². The van der Waals surface area contributed by atoms with Crippen LogP contribution in [0.3, 0.4) is 0 Å². The van der Waals surface area contributed by atoms with Crippen LogP contribution in [-0.4, -0.2) is 30.8 Å². The lowest BCUT2D eigenvalue weighted by Crippen LogP contribution is -2.43. The summed E-state index contributed by atoms with van der Waals surface area (Å²) in [7, 11) is 0. The monoisotopic (exact) mass is 343 g/mol. The molecular weight excluding hydrogens is 325 g/mol. The first kappa shape index (κ1) is 16.8. The minimum atomic E-state index is -0.383. The normalized spacial score (nSPS) is 11.7. The number of carbonyl (C=O) groups excluding carboxylic acids is 1. The van der Waals surface area contributed by atoms with Crippen molar-refractivity contribution in [2.24, 2.45) is 0 Å². The smallest absolute Gasteiger partial charge is 0.264 e. The molecule has 2 heterocycles. The third-order valence-corrected chi connectivity index (χ3v) is 3.45. The Morgan fingerprint density at radius 1 is 1.24 bits per heavy atom. The van der Waals surface area contributed by atoms with Gasteiger partial charge in [-0.1, -0.05) is 0 Å². The van der Waals surface area contributed by atoms with Gasteiger partial charge in [0.1, 0.15) is 24.1 Å². The molecular formula is C17H18FN5O2. The zero-order valence-corrected chi connectivity index (χ0v) is 14.2. The van der Waals surface area contributed by atoms with Gasteiger partial charge in [0.15, 0.2) is 5.65 Å². The van der Waals surface area contributed by atoms with Crippen LogP contribution >= 0.6 is 0 Å². The van der Waals surface area contributed by atoms with E-state index in [2.05, 4.69) is 15.4 Å². The first-order valence-corrected chi connectivity index (χ1v) is 7.75. The molecule has 0 spiro atoms. The van der Waals surface area contributed by atoms with Crippen LogP contribution in [0.25, 0.3) is 16.7 Å². The maximum absolute atomic E-state index is 13.1. The van der Waals surface area contributed by atoms with Crippen LogP contribution in [0.4, 0.5) is 4.39 Å². The van der Waals surface area contributed by atoms with E-state index < -0.39 is 0 Å². The summed E-state index contributed by atoms with van der Waals surface area (Å²) in [4.78, 5) is 28.8. The molecule has 0 saturated heterocycles. The zero-order valence-electron chi connectivity index (χ0n) is 14.2. The summed E-state index contributed by atoms with van der Waals surface area (Å²) in [5.74, 6) is -0.637. The molecule has 1 amide bonds. The Morgan fingerprint density at radius 2 is 1.92 bits per heavy atom. The van der Waals surface area contributed by atoms with Crippen molar-refractivity contribution in [3.8, 4) is 5.69 Å². The Balaban J connectivity index is 1.95. The van der Waals surface area contributed by atoms with Crippen LogP contribution in [0.2, 0.25) is 0 Å². The van der Waals surface area contributed by atoms with Gasteiger partial charge in [-0.25, -0.2) is 14.1 Å². The van der Waals surface area contributed by atoms with E-state index in [0.717, 1.165) is 0 Å². The third-order valence-electron chi connectivity index (χ3n) is 3.45. The number of fused-ring (bicyclic) bond motifs is 1. The fourth-order valence-electron chi connectivity index (χ4n) is 2.44. The van der Waals surface area contributed by atoms with Crippen molar-refractivity contribution in [2.75, 3.05) is 0 Å². The minimum Gasteiger partial charge on any atom is -0.350 e. The lowest BCUT2D eigenvalue weighted by atomic mass is 10.1. The summed E-state index contributed by atoms with van der Waals surface area (Å²) in [6.07, 6.45) is 2.71. The van der Waals surface area contributed by atoms with E-state index in [1.807, 2.05) is 20.8 Å². The number of nitrogens with one attached hydrogen (secondary N) is 1. The van der Waals surface area contributed by atoms with Crippen molar-refractivity contribution >= 4 is 16.9 Å². The van der Waals surface area contributed by atoms with E-state index in [0.29, 0.717) is 11.3 Å². The first-order valence-electron chi connectivity index (χ1n) is 7.75. The molecule has 3 aromatic rings. The van der Waals surface area contributed by atoms with Gasteiger partial charge < -0.3 is 5.32 Å². The number of benzene rings is 1. The van der Waals surface area contributed by atoms with E-state index in [4.69, 9.17) is 0 Å². The Kier molecular flexibility index (Phi) is 4.12. The minimum absolute atomic E-state index is 0.124. The molecule has 0 bridgehead atoms. The van der Waals surface area contributed by atoms with Crippen LogP contribution in [0.1, 0.15) is 20.8 Å². The SMILES string of the molecule is CC(C)(C)NC(=O)Cn1cnc2c(cnn2-c2ccc(F)cc2)c1=O. The van der Waals surface area contributed by atoms with Gasteiger partial charge in [-0.2, -0.15) is 5.10 Å². The van der Waals surface area contributed by atoms with Crippen molar-refractivity contribution in [3.05, 3.63) is 53.0 Å². The summed E-state index contributed by atoms with van der Waals surface area (Å²) in [5, 5.41) is 7.24. The molecule has 7 nitrogen and oxygen atoms in total. The van der Waals surface area contributed by atoms with Gasteiger partial charge in [-0.15, -0.1) is 0 Å². The molecule has 0 radical (unpaired) electrons. The van der Waals surface area contributed by atoms with Gasteiger partial charge >= 0.3 is 0 Å². The van der Waals surface area contributed by atoms with Gasteiger partial charge in [-0.3, -0.25) is 14.2 Å². The van der Waals surface area contributed by atoms with Crippen LogP contribution in [0.15, 0.2) is 41.6 Å². The lowest BCUT2D eigenvalue weighted by molar-refractivity contribution is -0.123. The Bertz CT molecular complexity index is 983. The quantitative estimate of drug-likeness (QED) is 0.784. The number of nitrogens with zero attached hydrogens (tertiary/aromatic N) is 4. The molecule has 0 fully saturated rings. The number of hydrogen-bond donors (Lipinski definition) is 1. The summed E-state index contributed by atoms with van der Waals surface area (Å²) in [6, 6.07) is 5.71. The molecule has 25 heavy (non-hydrogen) atoms. The average molecular weight is 343 g/mol. The molecule has 0 aliphatic heterocycles. The van der Waals surface area contributed by atoms with Gasteiger partial charge in [0.25, 0.3) is 5.56 Å². The fourth-order valence-corrected chi connectivity index (χ4v) is 2.44. The van der Waals surface area contributed by atoms with E-state index in [9.17, 15) is 14.0 Å². The average Bonchev–Trinajstić information content (AvgIpc) is 2.94. The molecule has 0 aliphatic carbocycles. The van der Waals surface area contributed by atoms with Crippen molar-refractivity contribution in [2.45, 2.75) is 32.9 Å². The molecule has 2 aromatic heterocycles. The second kappa shape index (κ2) is 6.12. The molecule has 1 aromatic carbocycles. The summed E-state index contributed by atoms with van der Waals surface area (Å²) >= 11 is 0. The topological polar surface area (TPSA) is 81.8 Å². The Morgan fingerprint density at radius 3 is 2.56 bits per heavy atom. The highest BCUT2D eigenvalue weighted by molar-refractivity contribution is 5.78. The van der Waals surface area contributed by atoms with Crippen LogP contribution in [0, 0.1) is 5.82 Å². The third kappa shape index (κ3) is 3.57. The number of rotatable bonds is 3. The van der Waals surface area contributed by atoms with Crippen LogP contribution in [-0.2, 0) is 11.3 Å². The second-order valence-electron chi connectivity index (χ2n) is 6.75. The lowest BCUT2D eigenvalue weighted by Gasteiger charge is -2.20. The van der Waals surface area contributed by atoms with Gasteiger partial charge in [-0.05, 0) is 45.0 Å². The first-order chi connectivity index (χ1) is 11.7. The largest absolute Gasteiger partial charge is 0.350 e. The van der Waals surface area contributed by atoms with Gasteiger partial charge in [0.05, 0.1) is 11.9 Å². The Labute approximate surface area is 143 Å². The molecule has 1 N–H and O–H groups in total. The van der Waals surface area contributed by atoms with E-state index >= 15 is 0 Å². The fraction of sp³-hybridized carbons (Fsp3) is 0.294. The molecule has 3 rings (SSSR count). The number of amides is 1. The number of aromatic nitrogens is 4. The predicted octanol–water partition coefficient (Wildman–Crippen LogP) is 1.64. The van der Waals surface area contributed by atoms with Crippen molar-refractivity contribution in [3.63, 3.8) is 0 Å². The standard InChI is InChI=1S/C17H18FN5O2/c1-17(2,3)21-14(24)9-22-10-19-15-13(16(22)25)8-20-23(15)12-6-4-11(18)5-7-12/h4-8,10H,9H2,1-3H3,(H,21,24). The molecule has 0 atom stereocenters. The van der Waals surface area contributed by atoms with Gasteiger partial charge in [0.2, 0.25) is 5.91 Å². The molecule has 130 valence electrons. The summed E-state index contributed by atoms with van der Waals surface area (Å²) in [6.45, 7) is 5.46.